The highest BCUT2D eigenvalue weighted by atomic mass is 16.3. The van der Waals surface area contributed by atoms with Crippen LogP contribution in [0.3, 0.4) is 0 Å². The van der Waals surface area contributed by atoms with Gasteiger partial charge in [0.2, 0.25) is 0 Å². The van der Waals surface area contributed by atoms with E-state index < -0.39 is 6.10 Å². The van der Waals surface area contributed by atoms with Crippen molar-refractivity contribution >= 4 is 5.82 Å². The Morgan fingerprint density at radius 1 is 1.33 bits per heavy atom. The molecule has 0 spiro atoms. The Balaban J connectivity index is 1.61. The van der Waals surface area contributed by atoms with Gasteiger partial charge >= 0.3 is 0 Å². The van der Waals surface area contributed by atoms with Crippen molar-refractivity contribution in [1.29, 1.82) is 5.26 Å². The third kappa shape index (κ3) is 2.88. The summed E-state index contributed by atoms with van der Waals surface area (Å²) in [5.74, 6) is 1.75. The molecule has 0 aliphatic carbocycles. The Labute approximate surface area is 123 Å². The number of H-pyrrole nitrogens is 1. The zero-order valence-corrected chi connectivity index (χ0v) is 11.6. The molecule has 0 unspecified atom stereocenters. The van der Waals surface area contributed by atoms with Crippen LogP contribution in [0.25, 0.3) is 0 Å². The molecular formula is C15H17N5O. The number of nitrogens with one attached hydrogen (secondary N) is 1. The quantitative estimate of drug-likeness (QED) is 0.893. The van der Waals surface area contributed by atoms with E-state index in [-0.39, 0.29) is 5.92 Å². The number of aromatic nitrogens is 3. The van der Waals surface area contributed by atoms with Crippen LogP contribution in [0.1, 0.15) is 30.3 Å². The number of piperidine rings is 1. The zero-order chi connectivity index (χ0) is 14.7. The number of nitrogens with zero attached hydrogens (tertiary/aromatic N) is 4. The number of rotatable bonds is 3. The van der Waals surface area contributed by atoms with Crippen LogP contribution >= 0.6 is 0 Å². The largest absolute Gasteiger partial charge is 0.385 e. The van der Waals surface area contributed by atoms with Crippen LogP contribution in [0.15, 0.2) is 30.7 Å². The summed E-state index contributed by atoms with van der Waals surface area (Å²) in [6.07, 6.45) is 6.24. The Morgan fingerprint density at radius 3 is 2.71 bits per heavy atom. The van der Waals surface area contributed by atoms with Crippen LogP contribution in [0.2, 0.25) is 0 Å². The maximum atomic E-state index is 10.3. The van der Waals surface area contributed by atoms with E-state index in [9.17, 15) is 5.11 Å². The molecule has 21 heavy (non-hydrogen) atoms. The lowest BCUT2D eigenvalue weighted by Crippen LogP contribution is -2.36. The lowest BCUT2D eigenvalue weighted by molar-refractivity contribution is 0.0856. The second kappa shape index (κ2) is 5.94. The molecule has 108 valence electrons. The Kier molecular flexibility index (Phi) is 3.84. The maximum Gasteiger partial charge on any atom is 0.135 e. The molecule has 6 heteroatoms. The SMILES string of the molecule is N#Cc1ccc(N2CCC([C@@H](O)c3ncc[nH]3)CC2)nc1. The summed E-state index contributed by atoms with van der Waals surface area (Å²) in [5.41, 5.74) is 0.571. The van der Waals surface area contributed by atoms with Crippen LogP contribution in [0.5, 0.6) is 0 Å². The summed E-state index contributed by atoms with van der Waals surface area (Å²) in [5, 5.41) is 19.1. The lowest BCUT2D eigenvalue weighted by atomic mass is 9.91. The minimum absolute atomic E-state index is 0.214. The smallest absolute Gasteiger partial charge is 0.135 e. The Bertz CT molecular complexity index is 609. The van der Waals surface area contributed by atoms with Crippen molar-refractivity contribution in [3.05, 3.63) is 42.1 Å². The van der Waals surface area contributed by atoms with Crippen molar-refractivity contribution in [2.45, 2.75) is 18.9 Å². The van der Waals surface area contributed by atoms with E-state index in [0.717, 1.165) is 31.7 Å². The Hall–Kier alpha value is -2.39. The van der Waals surface area contributed by atoms with E-state index in [0.29, 0.717) is 11.4 Å². The van der Waals surface area contributed by atoms with Gasteiger partial charge in [0.1, 0.15) is 23.8 Å². The van der Waals surface area contributed by atoms with Gasteiger partial charge in [-0.15, -0.1) is 0 Å². The Morgan fingerprint density at radius 2 is 2.14 bits per heavy atom. The lowest BCUT2D eigenvalue weighted by Gasteiger charge is -2.34. The minimum atomic E-state index is -0.531. The fourth-order valence-corrected chi connectivity index (χ4v) is 2.75. The number of nitriles is 1. The third-order valence-electron chi connectivity index (χ3n) is 3.99. The van der Waals surface area contributed by atoms with Gasteiger partial charge in [-0.2, -0.15) is 5.26 Å². The highest BCUT2D eigenvalue weighted by Crippen LogP contribution is 2.30. The van der Waals surface area contributed by atoms with Crippen LogP contribution in [-0.2, 0) is 0 Å². The molecule has 0 amide bonds. The fourth-order valence-electron chi connectivity index (χ4n) is 2.75. The second-order valence-corrected chi connectivity index (χ2v) is 5.26. The van der Waals surface area contributed by atoms with Crippen molar-refractivity contribution < 1.29 is 5.11 Å². The highest BCUT2D eigenvalue weighted by molar-refractivity contribution is 5.42. The number of pyridine rings is 1. The van der Waals surface area contributed by atoms with Crippen molar-refractivity contribution in [2.75, 3.05) is 18.0 Å². The maximum absolute atomic E-state index is 10.3. The second-order valence-electron chi connectivity index (χ2n) is 5.26. The van der Waals surface area contributed by atoms with Crippen LogP contribution < -0.4 is 4.90 Å². The van der Waals surface area contributed by atoms with E-state index >= 15 is 0 Å². The van der Waals surface area contributed by atoms with Gasteiger partial charge in [0, 0.05) is 31.7 Å². The van der Waals surface area contributed by atoms with Gasteiger partial charge in [-0.05, 0) is 30.9 Å². The summed E-state index contributed by atoms with van der Waals surface area (Å²) in [6.45, 7) is 1.70. The van der Waals surface area contributed by atoms with Crippen molar-refractivity contribution in [3.63, 3.8) is 0 Å². The van der Waals surface area contributed by atoms with Gasteiger partial charge in [-0.25, -0.2) is 9.97 Å². The number of aromatic amines is 1. The molecule has 0 aromatic carbocycles. The van der Waals surface area contributed by atoms with Crippen LogP contribution in [0, 0.1) is 17.2 Å². The highest BCUT2D eigenvalue weighted by Gasteiger charge is 2.27. The molecule has 1 fully saturated rings. The molecule has 0 radical (unpaired) electrons. The summed E-state index contributed by atoms with van der Waals surface area (Å²) >= 11 is 0. The average molecular weight is 283 g/mol. The number of aliphatic hydroxyl groups excluding tert-OH is 1. The predicted molar refractivity (Wildman–Crippen MR) is 77.4 cm³/mol. The normalized spacial score (nSPS) is 17.4. The van der Waals surface area contributed by atoms with Gasteiger partial charge < -0.3 is 15.0 Å². The first kappa shape index (κ1) is 13.6. The van der Waals surface area contributed by atoms with E-state index in [2.05, 4.69) is 25.9 Å². The van der Waals surface area contributed by atoms with Gasteiger partial charge in [0.25, 0.3) is 0 Å². The van der Waals surface area contributed by atoms with Gasteiger partial charge in [-0.1, -0.05) is 0 Å². The summed E-state index contributed by atoms with van der Waals surface area (Å²) in [6, 6.07) is 5.73. The number of anilines is 1. The molecule has 2 aromatic rings. The molecular weight excluding hydrogens is 266 g/mol. The van der Waals surface area contributed by atoms with Crippen LogP contribution in [-0.4, -0.2) is 33.1 Å². The molecule has 0 bridgehead atoms. The van der Waals surface area contributed by atoms with Gasteiger partial charge in [0.05, 0.1) is 5.56 Å². The van der Waals surface area contributed by atoms with E-state index in [1.807, 2.05) is 6.07 Å². The van der Waals surface area contributed by atoms with E-state index in [1.165, 1.54) is 0 Å². The number of aliphatic hydroxyl groups is 1. The molecule has 1 aliphatic heterocycles. The van der Waals surface area contributed by atoms with E-state index in [1.54, 1.807) is 24.7 Å². The number of hydrogen-bond donors (Lipinski definition) is 2. The van der Waals surface area contributed by atoms with Crippen LogP contribution in [0.4, 0.5) is 5.82 Å². The number of hydrogen-bond acceptors (Lipinski definition) is 5. The molecule has 1 atom stereocenters. The van der Waals surface area contributed by atoms with Crippen molar-refractivity contribution in [1.82, 2.24) is 15.0 Å². The standard InChI is InChI=1S/C15H17N5O/c16-9-11-1-2-13(19-10-11)20-7-3-12(4-8-20)14(21)15-17-5-6-18-15/h1-2,5-6,10,12,14,21H,3-4,7-8H2,(H,17,18)/t14-/m1/s1. The predicted octanol–water partition coefficient (Wildman–Crippen LogP) is 1.63. The van der Waals surface area contributed by atoms with Gasteiger partial charge in [-0.3, -0.25) is 0 Å². The fraction of sp³-hybridized carbons (Fsp3) is 0.400. The van der Waals surface area contributed by atoms with E-state index in [4.69, 9.17) is 5.26 Å². The first-order valence-corrected chi connectivity index (χ1v) is 7.06. The topological polar surface area (TPSA) is 88.8 Å². The summed E-state index contributed by atoms with van der Waals surface area (Å²) in [7, 11) is 0. The first-order valence-electron chi connectivity index (χ1n) is 7.06. The zero-order valence-electron chi connectivity index (χ0n) is 11.6. The molecule has 2 aromatic heterocycles. The monoisotopic (exact) mass is 283 g/mol. The molecule has 1 aliphatic rings. The first-order chi connectivity index (χ1) is 10.3. The van der Waals surface area contributed by atoms with Crippen molar-refractivity contribution in [2.24, 2.45) is 5.92 Å². The molecule has 3 heterocycles. The molecule has 0 saturated carbocycles. The summed E-state index contributed by atoms with van der Waals surface area (Å²) in [4.78, 5) is 13.6. The van der Waals surface area contributed by atoms with Crippen molar-refractivity contribution in [3.8, 4) is 6.07 Å². The van der Waals surface area contributed by atoms with Gasteiger partial charge in [0.15, 0.2) is 0 Å². The summed E-state index contributed by atoms with van der Waals surface area (Å²) < 4.78 is 0. The molecule has 3 rings (SSSR count). The molecule has 1 saturated heterocycles. The molecule has 6 nitrogen and oxygen atoms in total. The minimum Gasteiger partial charge on any atom is -0.385 e. The molecule has 2 N–H and O–H groups in total. The number of imidazole rings is 1. The third-order valence-corrected chi connectivity index (χ3v) is 3.99. The average Bonchev–Trinajstić information content (AvgIpc) is 3.09.